The Morgan fingerprint density at radius 2 is 1.81 bits per heavy atom. The van der Waals surface area contributed by atoms with Crippen molar-refractivity contribution in [3.8, 4) is 0 Å². The normalized spacial score (nSPS) is 12.6. The molecule has 0 saturated carbocycles. The molecule has 1 unspecified atom stereocenters. The van der Waals surface area contributed by atoms with Crippen molar-refractivity contribution in [1.29, 1.82) is 0 Å². The maximum Gasteiger partial charge on any atom is 0.0985 e. The third-order valence-corrected chi connectivity index (χ3v) is 3.89. The summed E-state index contributed by atoms with van der Waals surface area (Å²) in [5, 5.41) is 15.0. The van der Waals surface area contributed by atoms with E-state index in [4.69, 9.17) is 0 Å². The summed E-state index contributed by atoms with van der Waals surface area (Å²) in [4.78, 5) is 0. The van der Waals surface area contributed by atoms with Gasteiger partial charge in [0.05, 0.1) is 18.3 Å². The number of rotatable bonds is 7. The Bertz CT molecular complexity index is 557. The summed E-state index contributed by atoms with van der Waals surface area (Å²) in [7, 11) is 0. The number of aliphatic hydroxyl groups excluding tert-OH is 1. The van der Waals surface area contributed by atoms with Gasteiger partial charge in [-0.15, -0.1) is 0 Å². The molecule has 1 heterocycles. The summed E-state index contributed by atoms with van der Waals surface area (Å²) >= 11 is 0. The van der Waals surface area contributed by atoms with Crippen molar-refractivity contribution >= 4 is 0 Å². The highest BCUT2D eigenvalue weighted by molar-refractivity contribution is 5.24. The van der Waals surface area contributed by atoms with Crippen molar-refractivity contribution < 1.29 is 5.11 Å². The lowest BCUT2D eigenvalue weighted by Gasteiger charge is -2.13. The molecule has 0 radical (unpaired) electrons. The average molecular weight is 286 g/mol. The molecule has 0 aliphatic rings. The van der Waals surface area contributed by atoms with Crippen molar-refractivity contribution in [2.75, 3.05) is 0 Å². The zero-order valence-corrected chi connectivity index (χ0v) is 13.3. The van der Waals surface area contributed by atoms with E-state index in [1.165, 1.54) is 11.3 Å². The number of aromatic nitrogens is 2. The number of nitrogens with zero attached hydrogens (tertiary/aromatic N) is 2. The van der Waals surface area contributed by atoms with Gasteiger partial charge in [0.2, 0.25) is 0 Å². The second-order valence-electron chi connectivity index (χ2n) is 5.52. The summed E-state index contributed by atoms with van der Waals surface area (Å²) < 4.78 is 1.95. The van der Waals surface area contributed by atoms with Gasteiger partial charge < -0.3 is 5.11 Å². The van der Waals surface area contributed by atoms with Crippen molar-refractivity contribution in [3.63, 3.8) is 0 Å². The number of aryl methyl sites for hydroxylation is 3. The molecule has 3 heteroatoms. The predicted molar refractivity (Wildman–Crippen MR) is 86.4 cm³/mol. The average Bonchev–Trinajstić information content (AvgIpc) is 2.90. The Hall–Kier alpha value is -1.61. The largest absolute Gasteiger partial charge is 0.386 e. The fourth-order valence-corrected chi connectivity index (χ4v) is 2.59. The van der Waals surface area contributed by atoms with Crippen LogP contribution in [0.2, 0.25) is 0 Å². The van der Waals surface area contributed by atoms with Gasteiger partial charge in [-0.05, 0) is 36.5 Å². The smallest absolute Gasteiger partial charge is 0.0985 e. The molecule has 0 bridgehead atoms. The summed E-state index contributed by atoms with van der Waals surface area (Å²) in [6.45, 7) is 6.93. The number of aliphatic hydroxyl groups is 1. The third-order valence-electron chi connectivity index (χ3n) is 3.89. The first-order chi connectivity index (χ1) is 10.2. The van der Waals surface area contributed by atoms with E-state index in [0.29, 0.717) is 6.54 Å². The Balaban J connectivity index is 2.09. The van der Waals surface area contributed by atoms with Crippen LogP contribution in [0.4, 0.5) is 0 Å². The molecule has 1 N–H and O–H groups in total. The minimum Gasteiger partial charge on any atom is -0.386 e. The summed E-state index contributed by atoms with van der Waals surface area (Å²) in [5.74, 6) is 0. The molecular formula is C18H26N2O. The van der Waals surface area contributed by atoms with E-state index in [0.717, 1.165) is 36.9 Å². The molecule has 1 aromatic heterocycles. The van der Waals surface area contributed by atoms with Gasteiger partial charge >= 0.3 is 0 Å². The summed E-state index contributed by atoms with van der Waals surface area (Å²) in [6, 6.07) is 10.4. The molecule has 0 fully saturated rings. The molecule has 2 aromatic rings. The van der Waals surface area contributed by atoms with Gasteiger partial charge in [0.1, 0.15) is 0 Å². The van der Waals surface area contributed by atoms with Gasteiger partial charge in [0.25, 0.3) is 0 Å². The Labute approximate surface area is 127 Å². The van der Waals surface area contributed by atoms with Gasteiger partial charge in [-0.3, -0.25) is 4.68 Å². The molecule has 2 rings (SSSR count). The van der Waals surface area contributed by atoms with Gasteiger partial charge in [-0.25, -0.2) is 0 Å². The van der Waals surface area contributed by atoms with Crippen molar-refractivity contribution in [1.82, 2.24) is 9.78 Å². The number of hydrogen-bond donors (Lipinski definition) is 1. The fraction of sp³-hybridized carbons (Fsp3) is 0.500. The van der Waals surface area contributed by atoms with Crippen LogP contribution in [0.25, 0.3) is 0 Å². The molecular weight excluding hydrogens is 260 g/mol. The van der Waals surface area contributed by atoms with E-state index >= 15 is 0 Å². The minimum absolute atomic E-state index is 0.504. The van der Waals surface area contributed by atoms with Crippen LogP contribution in [0, 0.1) is 0 Å². The fourth-order valence-electron chi connectivity index (χ4n) is 2.59. The van der Waals surface area contributed by atoms with Crippen molar-refractivity contribution in [2.45, 2.75) is 59.1 Å². The lowest BCUT2D eigenvalue weighted by molar-refractivity contribution is 0.150. The van der Waals surface area contributed by atoms with Gasteiger partial charge in [-0.1, -0.05) is 51.5 Å². The van der Waals surface area contributed by atoms with Crippen LogP contribution in [-0.2, 0) is 25.8 Å². The van der Waals surface area contributed by atoms with E-state index < -0.39 is 6.10 Å². The minimum atomic E-state index is -0.504. The Morgan fingerprint density at radius 3 is 2.38 bits per heavy atom. The van der Waals surface area contributed by atoms with Crippen LogP contribution >= 0.6 is 0 Å². The molecule has 0 spiro atoms. The molecule has 0 aliphatic carbocycles. The van der Waals surface area contributed by atoms with Gasteiger partial charge in [0, 0.05) is 5.69 Å². The maximum atomic E-state index is 10.4. The second kappa shape index (κ2) is 7.41. The Morgan fingerprint density at radius 1 is 1.10 bits per heavy atom. The zero-order chi connectivity index (χ0) is 15.2. The molecule has 0 aliphatic heterocycles. The van der Waals surface area contributed by atoms with Gasteiger partial charge in [-0.2, -0.15) is 5.10 Å². The zero-order valence-electron chi connectivity index (χ0n) is 13.3. The maximum absolute atomic E-state index is 10.4. The van der Waals surface area contributed by atoms with E-state index in [-0.39, 0.29) is 0 Å². The topological polar surface area (TPSA) is 38.0 Å². The lowest BCUT2D eigenvalue weighted by atomic mass is 10.0. The van der Waals surface area contributed by atoms with E-state index in [1.807, 2.05) is 16.8 Å². The molecule has 3 nitrogen and oxygen atoms in total. The highest BCUT2D eigenvalue weighted by Crippen LogP contribution is 2.18. The molecule has 0 saturated heterocycles. The SMILES string of the molecule is CCCc1ccc(C(O)Cn2nc(CC)cc2CC)cc1. The molecule has 0 amide bonds. The highest BCUT2D eigenvalue weighted by Gasteiger charge is 2.12. The molecule has 114 valence electrons. The summed E-state index contributed by atoms with van der Waals surface area (Å²) in [5.41, 5.74) is 4.58. The standard InChI is InChI=1S/C18H26N2O/c1-4-7-14-8-10-15(11-9-14)18(21)13-20-17(6-3)12-16(5-2)19-20/h8-12,18,21H,4-7,13H2,1-3H3. The van der Waals surface area contributed by atoms with Crippen LogP contribution in [-0.4, -0.2) is 14.9 Å². The van der Waals surface area contributed by atoms with E-state index in [1.54, 1.807) is 0 Å². The number of hydrogen-bond acceptors (Lipinski definition) is 2. The van der Waals surface area contributed by atoms with Crippen LogP contribution < -0.4 is 0 Å². The van der Waals surface area contributed by atoms with Crippen molar-refractivity contribution in [3.05, 3.63) is 52.8 Å². The van der Waals surface area contributed by atoms with Crippen LogP contribution in [0.15, 0.2) is 30.3 Å². The second-order valence-corrected chi connectivity index (χ2v) is 5.52. The first kappa shape index (κ1) is 15.8. The predicted octanol–water partition coefficient (Wildman–Crippen LogP) is 3.69. The molecule has 1 aromatic carbocycles. The van der Waals surface area contributed by atoms with E-state index in [9.17, 15) is 5.11 Å². The highest BCUT2D eigenvalue weighted by atomic mass is 16.3. The first-order valence-corrected chi connectivity index (χ1v) is 8.00. The number of benzene rings is 1. The van der Waals surface area contributed by atoms with Crippen molar-refractivity contribution in [2.24, 2.45) is 0 Å². The van der Waals surface area contributed by atoms with Gasteiger partial charge in [0.15, 0.2) is 0 Å². The Kier molecular flexibility index (Phi) is 5.57. The van der Waals surface area contributed by atoms with Crippen LogP contribution in [0.3, 0.4) is 0 Å². The lowest BCUT2D eigenvalue weighted by Crippen LogP contribution is -2.12. The quantitative estimate of drug-likeness (QED) is 0.843. The van der Waals surface area contributed by atoms with E-state index in [2.05, 4.69) is 44.1 Å². The first-order valence-electron chi connectivity index (χ1n) is 8.00. The monoisotopic (exact) mass is 286 g/mol. The summed E-state index contributed by atoms with van der Waals surface area (Å²) in [6.07, 6.45) is 3.61. The molecule has 1 atom stereocenters. The third kappa shape index (κ3) is 3.94. The van der Waals surface area contributed by atoms with Crippen LogP contribution in [0.1, 0.15) is 55.8 Å². The van der Waals surface area contributed by atoms with Crippen LogP contribution in [0.5, 0.6) is 0 Å². The molecule has 21 heavy (non-hydrogen) atoms.